The second kappa shape index (κ2) is 7.62. The van der Waals surface area contributed by atoms with Gasteiger partial charge in [0.05, 0.1) is 16.7 Å². The molecule has 0 aromatic heterocycles. The Morgan fingerprint density at radius 2 is 2.21 bits per heavy atom. The molecule has 1 amide bonds. The van der Waals surface area contributed by atoms with Crippen molar-refractivity contribution in [3.63, 3.8) is 0 Å². The van der Waals surface area contributed by atoms with Crippen molar-refractivity contribution < 1.29 is 18.3 Å². The van der Waals surface area contributed by atoms with Gasteiger partial charge in [-0.3, -0.25) is 4.79 Å². The van der Waals surface area contributed by atoms with Gasteiger partial charge in [0.2, 0.25) is 5.91 Å². The zero-order valence-electron chi connectivity index (χ0n) is 9.97. The molecule has 1 aromatic rings. The van der Waals surface area contributed by atoms with Crippen LogP contribution in [0.4, 0.5) is 14.5 Å². The number of hydrogen-bond acceptors (Lipinski definition) is 3. The van der Waals surface area contributed by atoms with E-state index in [4.69, 9.17) is 11.6 Å². The predicted molar refractivity (Wildman–Crippen MR) is 73.0 cm³/mol. The van der Waals surface area contributed by atoms with Gasteiger partial charge in [-0.05, 0) is 34.6 Å². The van der Waals surface area contributed by atoms with Crippen molar-refractivity contribution in [2.24, 2.45) is 0 Å². The van der Waals surface area contributed by atoms with Crippen LogP contribution in [0.15, 0.2) is 16.6 Å². The summed E-state index contributed by atoms with van der Waals surface area (Å²) in [5, 5.41) is 5.55. The monoisotopic (exact) mass is 356 g/mol. The molecule has 0 fully saturated rings. The molecule has 1 aromatic carbocycles. The highest BCUT2D eigenvalue weighted by Gasteiger charge is 2.16. The number of carbonyl (C=O) groups excluding carboxylic acids is 1. The lowest BCUT2D eigenvalue weighted by Gasteiger charge is -2.14. The van der Waals surface area contributed by atoms with Crippen molar-refractivity contribution >= 4 is 39.1 Å². The Morgan fingerprint density at radius 1 is 1.53 bits per heavy atom. The van der Waals surface area contributed by atoms with E-state index in [0.29, 0.717) is 6.54 Å². The fourth-order valence-electron chi connectivity index (χ4n) is 1.30. The van der Waals surface area contributed by atoms with Crippen LogP contribution < -0.4 is 15.4 Å². The number of carbonyl (C=O) groups is 1. The van der Waals surface area contributed by atoms with E-state index in [1.165, 1.54) is 12.1 Å². The van der Waals surface area contributed by atoms with E-state index in [1.807, 2.05) is 6.92 Å². The number of hydrogen-bond donors (Lipinski definition) is 2. The Hall–Kier alpha value is -0.920. The van der Waals surface area contributed by atoms with Crippen LogP contribution in [0.25, 0.3) is 0 Å². The van der Waals surface area contributed by atoms with Gasteiger partial charge in [0.15, 0.2) is 5.75 Å². The lowest BCUT2D eigenvalue weighted by atomic mass is 10.3. The van der Waals surface area contributed by atoms with Crippen molar-refractivity contribution in [2.45, 2.75) is 13.5 Å². The van der Waals surface area contributed by atoms with Gasteiger partial charge in [-0.2, -0.15) is 8.78 Å². The fraction of sp³-hybridized carbons (Fsp3) is 0.364. The van der Waals surface area contributed by atoms with E-state index >= 15 is 0 Å². The molecule has 19 heavy (non-hydrogen) atoms. The van der Waals surface area contributed by atoms with E-state index in [9.17, 15) is 13.6 Å². The molecule has 0 saturated carbocycles. The lowest BCUT2D eigenvalue weighted by molar-refractivity contribution is -0.115. The maximum atomic E-state index is 12.3. The third-order valence-electron chi connectivity index (χ3n) is 2.02. The maximum Gasteiger partial charge on any atom is 0.387 e. The van der Waals surface area contributed by atoms with Crippen molar-refractivity contribution in [2.75, 3.05) is 18.4 Å². The number of rotatable bonds is 6. The second-order valence-electron chi connectivity index (χ2n) is 3.47. The summed E-state index contributed by atoms with van der Waals surface area (Å²) >= 11 is 8.87. The van der Waals surface area contributed by atoms with Gasteiger partial charge in [-0.1, -0.05) is 18.5 Å². The summed E-state index contributed by atoms with van der Waals surface area (Å²) in [7, 11) is 0. The summed E-state index contributed by atoms with van der Waals surface area (Å²) in [5.41, 5.74) is 0.0857. The summed E-state index contributed by atoms with van der Waals surface area (Å²) in [5.74, 6) is -0.542. The summed E-state index contributed by atoms with van der Waals surface area (Å²) in [4.78, 5) is 11.6. The molecule has 0 spiro atoms. The molecule has 0 heterocycles. The highest BCUT2D eigenvalue weighted by molar-refractivity contribution is 9.10. The van der Waals surface area contributed by atoms with Gasteiger partial charge in [-0.15, -0.1) is 0 Å². The fourth-order valence-corrected chi connectivity index (χ4v) is 2.20. The van der Waals surface area contributed by atoms with Crippen LogP contribution in [0.5, 0.6) is 5.75 Å². The minimum atomic E-state index is -3.00. The van der Waals surface area contributed by atoms with Crippen LogP contribution in [0, 0.1) is 0 Å². The Balaban J connectivity index is 2.93. The molecule has 106 valence electrons. The minimum absolute atomic E-state index is 0.0642. The van der Waals surface area contributed by atoms with Crippen LogP contribution in [0.1, 0.15) is 6.92 Å². The number of alkyl halides is 2. The molecule has 0 aliphatic carbocycles. The molecule has 0 aliphatic heterocycles. The first-order chi connectivity index (χ1) is 8.93. The van der Waals surface area contributed by atoms with Gasteiger partial charge in [0.25, 0.3) is 0 Å². The second-order valence-corrected chi connectivity index (χ2v) is 4.76. The van der Waals surface area contributed by atoms with Gasteiger partial charge in [-0.25, -0.2) is 0 Å². The summed E-state index contributed by atoms with van der Waals surface area (Å²) in [6.07, 6.45) is 0. The van der Waals surface area contributed by atoms with Gasteiger partial charge in [0, 0.05) is 5.02 Å². The highest BCUT2D eigenvalue weighted by atomic mass is 79.9. The van der Waals surface area contributed by atoms with Gasteiger partial charge in [0.1, 0.15) is 0 Å². The normalized spacial score (nSPS) is 10.6. The minimum Gasteiger partial charge on any atom is -0.431 e. The number of anilines is 1. The third-order valence-corrected chi connectivity index (χ3v) is 2.83. The first-order valence-electron chi connectivity index (χ1n) is 5.38. The molecular formula is C11H12BrClF2N2O2. The van der Waals surface area contributed by atoms with Crippen molar-refractivity contribution in [3.05, 3.63) is 21.6 Å². The largest absolute Gasteiger partial charge is 0.431 e. The molecule has 0 saturated heterocycles. The van der Waals surface area contributed by atoms with Crippen LogP contribution >= 0.6 is 27.5 Å². The van der Waals surface area contributed by atoms with E-state index < -0.39 is 6.61 Å². The summed E-state index contributed by atoms with van der Waals surface area (Å²) < 4.78 is 29.2. The SMILES string of the molecule is CCNCC(=O)Nc1cc(Cl)cc(Br)c1OC(F)F. The number of halogens is 4. The summed E-state index contributed by atoms with van der Waals surface area (Å²) in [6, 6.07) is 2.74. The van der Waals surface area contributed by atoms with E-state index in [2.05, 4.69) is 31.3 Å². The zero-order valence-corrected chi connectivity index (χ0v) is 12.3. The van der Waals surface area contributed by atoms with Crippen LogP contribution in [0.3, 0.4) is 0 Å². The van der Waals surface area contributed by atoms with E-state index in [0.717, 1.165) is 0 Å². The molecule has 4 nitrogen and oxygen atoms in total. The number of benzene rings is 1. The topological polar surface area (TPSA) is 50.4 Å². The first kappa shape index (κ1) is 16.1. The molecule has 2 N–H and O–H groups in total. The van der Waals surface area contributed by atoms with Crippen molar-refractivity contribution in [1.82, 2.24) is 5.32 Å². The van der Waals surface area contributed by atoms with Crippen molar-refractivity contribution in [3.8, 4) is 5.75 Å². The lowest BCUT2D eigenvalue weighted by Crippen LogP contribution is -2.28. The molecule has 0 atom stereocenters. The third kappa shape index (κ3) is 5.30. The van der Waals surface area contributed by atoms with Gasteiger partial charge >= 0.3 is 6.61 Å². The Kier molecular flexibility index (Phi) is 6.47. The molecular weight excluding hydrogens is 345 g/mol. The zero-order chi connectivity index (χ0) is 14.4. The first-order valence-corrected chi connectivity index (χ1v) is 6.55. The highest BCUT2D eigenvalue weighted by Crippen LogP contribution is 2.37. The molecule has 0 aliphatic rings. The van der Waals surface area contributed by atoms with Crippen LogP contribution in [-0.2, 0) is 4.79 Å². The van der Waals surface area contributed by atoms with Crippen molar-refractivity contribution in [1.29, 1.82) is 0 Å². The Labute approximate surface area is 122 Å². The Morgan fingerprint density at radius 3 is 2.79 bits per heavy atom. The van der Waals surface area contributed by atoms with Crippen LogP contribution in [0.2, 0.25) is 5.02 Å². The molecule has 1 rings (SSSR count). The summed E-state index contributed by atoms with van der Waals surface area (Å²) in [6.45, 7) is -0.474. The number of nitrogens with one attached hydrogen (secondary N) is 2. The van der Waals surface area contributed by atoms with Gasteiger partial charge < -0.3 is 15.4 Å². The number of likely N-dealkylation sites (N-methyl/N-ethyl adjacent to an activating group) is 1. The molecule has 0 radical (unpaired) electrons. The quantitative estimate of drug-likeness (QED) is 0.822. The predicted octanol–water partition coefficient (Wildman–Crippen LogP) is 3.25. The number of amides is 1. The standard InChI is InChI=1S/C11H12BrClF2N2O2/c1-2-16-5-9(18)17-8-4-6(13)3-7(12)10(8)19-11(14)15/h3-4,11,16H,2,5H2,1H3,(H,17,18). The molecule has 0 unspecified atom stereocenters. The molecule has 8 heteroatoms. The van der Waals surface area contributed by atoms with Crippen LogP contribution in [-0.4, -0.2) is 25.6 Å². The molecule has 0 bridgehead atoms. The average molecular weight is 358 g/mol. The van der Waals surface area contributed by atoms with E-state index in [1.54, 1.807) is 0 Å². The Bertz CT molecular complexity index is 461. The van der Waals surface area contributed by atoms with E-state index in [-0.39, 0.29) is 33.4 Å². The maximum absolute atomic E-state index is 12.3. The smallest absolute Gasteiger partial charge is 0.387 e. The average Bonchev–Trinajstić information content (AvgIpc) is 2.30. The number of ether oxygens (including phenoxy) is 1.